The van der Waals surface area contributed by atoms with Crippen LogP contribution in [-0.4, -0.2) is 24.2 Å². The van der Waals surface area contributed by atoms with Gasteiger partial charge in [0.05, 0.1) is 17.3 Å². The van der Waals surface area contributed by atoms with E-state index in [0.29, 0.717) is 0 Å². The Balaban J connectivity index is 2.34. The van der Waals surface area contributed by atoms with E-state index in [-0.39, 0.29) is 63.7 Å². The quantitative estimate of drug-likeness (QED) is 0.438. The second-order valence-corrected chi connectivity index (χ2v) is 7.26. The highest BCUT2D eigenvalue weighted by Gasteiger charge is 2.21. The van der Waals surface area contributed by atoms with Crippen LogP contribution in [0.1, 0.15) is 43.4 Å². The number of halogens is 4. The largest absolute Gasteiger partial charge is 0.508 e. The summed E-state index contributed by atoms with van der Waals surface area (Å²) in [5.74, 6) is -2.30. The zero-order chi connectivity index (χ0) is 21.0. The van der Waals surface area contributed by atoms with Gasteiger partial charge in [-0.15, -0.1) is 0 Å². The highest BCUT2D eigenvalue weighted by molar-refractivity contribution is 6.36. The number of nitrogens with one attached hydrogen (secondary N) is 1. The van der Waals surface area contributed by atoms with Gasteiger partial charge in [-0.2, -0.15) is 0 Å². The van der Waals surface area contributed by atoms with Crippen LogP contribution in [0.25, 0.3) is 0 Å². The number of hydrogen-bond acceptors (Lipinski definition) is 4. The minimum atomic E-state index is -0.798. The Labute approximate surface area is 172 Å². The minimum Gasteiger partial charge on any atom is -0.508 e. The Morgan fingerprint density at radius 2 is 1.93 bits per heavy atom. The molecule has 0 spiro atoms. The van der Waals surface area contributed by atoms with Crippen molar-refractivity contribution in [2.45, 2.75) is 33.1 Å². The van der Waals surface area contributed by atoms with Crippen LogP contribution in [0.15, 0.2) is 18.2 Å². The van der Waals surface area contributed by atoms with Crippen molar-refractivity contribution in [1.29, 1.82) is 0 Å². The molecule has 0 unspecified atom stereocenters. The summed E-state index contributed by atoms with van der Waals surface area (Å²) >= 11 is 12.4. The molecule has 0 aliphatic rings. The summed E-state index contributed by atoms with van der Waals surface area (Å²) in [4.78, 5) is 11.4. The molecule has 0 bridgehead atoms. The van der Waals surface area contributed by atoms with Crippen LogP contribution in [0.4, 0.5) is 14.5 Å². The summed E-state index contributed by atoms with van der Waals surface area (Å²) in [6, 6.07) is 4.09. The van der Waals surface area contributed by atoms with Crippen molar-refractivity contribution in [2.75, 3.05) is 18.5 Å². The molecule has 152 valence electrons. The van der Waals surface area contributed by atoms with Crippen LogP contribution in [0.3, 0.4) is 0 Å². The normalized spacial score (nSPS) is 11.0. The number of hydrogen-bond donors (Lipinski definition) is 2. The predicted molar refractivity (Wildman–Crippen MR) is 107 cm³/mol. The Morgan fingerprint density at radius 1 is 1.25 bits per heavy atom. The Hall–Kier alpha value is -2.05. The molecule has 0 saturated carbocycles. The lowest BCUT2D eigenvalue weighted by molar-refractivity contribution is -0.140. The van der Waals surface area contributed by atoms with Gasteiger partial charge in [0.2, 0.25) is 0 Å². The monoisotopic (exact) mass is 431 g/mol. The van der Waals surface area contributed by atoms with Crippen molar-refractivity contribution in [3.05, 3.63) is 56.6 Å². The Morgan fingerprint density at radius 3 is 2.54 bits per heavy atom. The molecule has 2 N–H and O–H groups in total. The van der Waals surface area contributed by atoms with Gasteiger partial charge < -0.3 is 15.2 Å². The molecule has 28 heavy (non-hydrogen) atoms. The number of rotatable bonds is 7. The van der Waals surface area contributed by atoms with Gasteiger partial charge in [-0.05, 0) is 36.1 Å². The second-order valence-electron chi connectivity index (χ2n) is 6.47. The van der Waals surface area contributed by atoms with Gasteiger partial charge in [-0.25, -0.2) is 8.78 Å². The predicted octanol–water partition coefficient (Wildman–Crippen LogP) is 5.67. The molecule has 8 heteroatoms. The number of esters is 1. The number of carbonyl (C=O) groups is 1. The summed E-state index contributed by atoms with van der Waals surface area (Å²) in [6.07, 6.45) is -0.0570. The SMILES string of the molecule is CCOC(=O)CNc1cc(Cl)c(Cc2ccc(O)c(C(C)C)c2F)c(Cl)c1F. The molecule has 2 rings (SSSR count). The van der Waals surface area contributed by atoms with Gasteiger partial charge in [0.1, 0.15) is 18.1 Å². The van der Waals surface area contributed by atoms with Gasteiger partial charge in [0, 0.05) is 17.0 Å². The number of anilines is 1. The van der Waals surface area contributed by atoms with Gasteiger partial charge in [-0.3, -0.25) is 4.79 Å². The third-order valence-electron chi connectivity index (χ3n) is 4.16. The molecule has 0 saturated heterocycles. The molecule has 2 aromatic carbocycles. The van der Waals surface area contributed by atoms with Crippen LogP contribution < -0.4 is 5.32 Å². The number of benzene rings is 2. The van der Waals surface area contributed by atoms with E-state index in [4.69, 9.17) is 27.9 Å². The van der Waals surface area contributed by atoms with Gasteiger partial charge in [0.15, 0.2) is 5.82 Å². The fourth-order valence-corrected chi connectivity index (χ4v) is 3.40. The molecule has 0 aliphatic heterocycles. The maximum atomic E-state index is 14.8. The average molecular weight is 432 g/mol. The summed E-state index contributed by atoms with van der Waals surface area (Å²) in [6.45, 7) is 5.13. The number of aromatic hydroxyl groups is 1. The first kappa shape index (κ1) is 22.2. The van der Waals surface area contributed by atoms with Crippen LogP contribution >= 0.6 is 23.2 Å². The summed E-state index contributed by atoms with van der Waals surface area (Å²) in [5, 5.41) is 12.3. The van der Waals surface area contributed by atoms with E-state index in [2.05, 4.69) is 5.32 Å². The van der Waals surface area contributed by atoms with Gasteiger partial charge in [-0.1, -0.05) is 43.1 Å². The Bertz CT molecular complexity index is 888. The molecule has 0 amide bonds. The number of ether oxygens (including phenoxy) is 1. The first-order chi connectivity index (χ1) is 13.2. The Kier molecular flexibility index (Phi) is 7.49. The zero-order valence-electron chi connectivity index (χ0n) is 15.7. The van der Waals surface area contributed by atoms with Crippen molar-refractivity contribution in [3.8, 4) is 5.75 Å². The number of phenolic OH excluding ortho intramolecular Hbond substituents is 1. The maximum absolute atomic E-state index is 14.8. The first-order valence-electron chi connectivity index (χ1n) is 8.73. The third-order valence-corrected chi connectivity index (χ3v) is 4.89. The third kappa shape index (κ3) is 4.86. The topological polar surface area (TPSA) is 58.6 Å². The molecule has 0 atom stereocenters. The molecule has 0 radical (unpaired) electrons. The van der Waals surface area contributed by atoms with E-state index in [1.165, 1.54) is 18.2 Å². The van der Waals surface area contributed by atoms with Crippen molar-refractivity contribution >= 4 is 34.9 Å². The van der Waals surface area contributed by atoms with Crippen LogP contribution in [0.5, 0.6) is 5.75 Å². The van der Waals surface area contributed by atoms with Gasteiger partial charge in [0.25, 0.3) is 0 Å². The fraction of sp³-hybridized carbons (Fsp3) is 0.350. The first-order valence-corrected chi connectivity index (χ1v) is 9.49. The molecule has 0 aromatic heterocycles. The van der Waals surface area contributed by atoms with Crippen molar-refractivity contribution in [3.63, 3.8) is 0 Å². The summed E-state index contributed by atoms with van der Waals surface area (Å²) < 4.78 is 34.2. The second kappa shape index (κ2) is 9.43. The smallest absolute Gasteiger partial charge is 0.325 e. The highest BCUT2D eigenvalue weighted by Crippen LogP contribution is 2.37. The lowest BCUT2D eigenvalue weighted by Gasteiger charge is -2.16. The molecular weight excluding hydrogens is 411 g/mol. The molecule has 0 fully saturated rings. The minimum absolute atomic E-state index is 0.0548. The standard InChI is InChI=1S/C20H21Cl2F2NO3/c1-4-28-16(27)9-25-14-8-13(21)12(18(22)20(14)24)7-11-5-6-15(26)17(10(2)3)19(11)23/h5-6,8,10,25-26H,4,7,9H2,1-3H3. The van der Waals surface area contributed by atoms with Crippen LogP contribution in [-0.2, 0) is 16.0 Å². The van der Waals surface area contributed by atoms with Crippen LogP contribution in [0.2, 0.25) is 10.0 Å². The van der Waals surface area contributed by atoms with E-state index < -0.39 is 17.6 Å². The lowest BCUT2D eigenvalue weighted by Crippen LogP contribution is -2.17. The molecule has 2 aromatic rings. The number of phenols is 1. The van der Waals surface area contributed by atoms with Crippen molar-refractivity contribution in [2.24, 2.45) is 0 Å². The summed E-state index contributed by atoms with van der Waals surface area (Å²) in [7, 11) is 0. The highest BCUT2D eigenvalue weighted by atomic mass is 35.5. The average Bonchev–Trinajstić information content (AvgIpc) is 2.62. The molecule has 4 nitrogen and oxygen atoms in total. The molecule has 0 heterocycles. The lowest BCUT2D eigenvalue weighted by atomic mass is 9.95. The van der Waals surface area contributed by atoms with Crippen molar-refractivity contribution < 1.29 is 23.4 Å². The number of carbonyl (C=O) groups excluding carboxylic acids is 1. The summed E-state index contributed by atoms with van der Waals surface area (Å²) in [5.41, 5.74) is 0.567. The maximum Gasteiger partial charge on any atom is 0.325 e. The van der Waals surface area contributed by atoms with Crippen molar-refractivity contribution in [1.82, 2.24) is 0 Å². The molecule has 0 aliphatic carbocycles. The van der Waals surface area contributed by atoms with Gasteiger partial charge >= 0.3 is 5.97 Å². The van der Waals surface area contributed by atoms with E-state index in [9.17, 15) is 18.7 Å². The van der Waals surface area contributed by atoms with E-state index >= 15 is 0 Å². The van der Waals surface area contributed by atoms with E-state index in [1.54, 1.807) is 20.8 Å². The van der Waals surface area contributed by atoms with Crippen LogP contribution in [0, 0.1) is 11.6 Å². The molecular formula is C20H21Cl2F2NO3. The van der Waals surface area contributed by atoms with E-state index in [1.807, 2.05) is 0 Å². The fourth-order valence-electron chi connectivity index (χ4n) is 2.81. The van der Waals surface area contributed by atoms with E-state index in [0.717, 1.165) is 0 Å². The zero-order valence-corrected chi connectivity index (χ0v) is 17.2.